The van der Waals surface area contributed by atoms with Gasteiger partial charge in [0.05, 0.1) is 0 Å². The third-order valence-electron chi connectivity index (χ3n) is 2.32. The predicted molar refractivity (Wildman–Crippen MR) is 64.9 cm³/mol. The second kappa shape index (κ2) is 5.50. The SMILES string of the molecule is CC(=O)CC=Cc1ccccc1C(C)C. The quantitative estimate of drug-likeness (QED) is 0.725. The van der Waals surface area contributed by atoms with E-state index in [2.05, 4.69) is 32.0 Å². The Morgan fingerprint density at radius 1 is 1.33 bits per heavy atom. The minimum atomic E-state index is 0.202. The van der Waals surface area contributed by atoms with Crippen molar-refractivity contribution in [2.75, 3.05) is 0 Å². The summed E-state index contributed by atoms with van der Waals surface area (Å²) in [6, 6.07) is 8.31. The zero-order valence-electron chi connectivity index (χ0n) is 9.66. The van der Waals surface area contributed by atoms with Crippen molar-refractivity contribution < 1.29 is 4.79 Å². The van der Waals surface area contributed by atoms with Crippen LogP contribution in [-0.2, 0) is 4.79 Å². The van der Waals surface area contributed by atoms with Gasteiger partial charge < -0.3 is 0 Å². The fraction of sp³-hybridized carbons (Fsp3) is 0.357. The van der Waals surface area contributed by atoms with Crippen LogP contribution in [-0.4, -0.2) is 5.78 Å². The summed E-state index contributed by atoms with van der Waals surface area (Å²) in [5.41, 5.74) is 2.55. The van der Waals surface area contributed by atoms with Crippen LogP contribution in [0.15, 0.2) is 30.3 Å². The standard InChI is InChI=1S/C14H18O/c1-11(2)14-10-5-4-8-13(14)9-6-7-12(3)15/h4-6,8-11H,7H2,1-3H3. The Morgan fingerprint density at radius 3 is 2.60 bits per heavy atom. The molecule has 0 bridgehead atoms. The van der Waals surface area contributed by atoms with E-state index in [4.69, 9.17) is 0 Å². The van der Waals surface area contributed by atoms with E-state index in [0.29, 0.717) is 12.3 Å². The number of rotatable bonds is 4. The molecule has 1 aromatic rings. The van der Waals surface area contributed by atoms with E-state index in [0.717, 1.165) is 0 Å². The van der Waals surface area contributed by atoms with E-state index in [1.807, 2.05) is 18.2 Å². The zero-order chi connectivity index (χ0) is 11.3. The van der Waals surface area contributed by atoms with Crippen molar-refractivity contribution >= 4 is 11.9 Å². The van der Waals surface area contributed by atoms with Crippen molar-refractivity contribution in [2.45, 2.75) is 33.1 Å². The Kier molecular flexibility index (Phi) is 4.29. The third-order valence-corrected chi connectivity index (χ3v) is 2.32. The van der Waals surface area contributed by atoms with Gasteiger partial charge in [-0.3, -0.25) is 4.79 Å². The maximum atomic E-state index is 10.8. The number of Topliss-reactive ketones (excluding diaryl/α,β-unsaturated/α-hetero) is 1. The minimum Gasteiger partial charge on any atom is -0.300 e. The minimum absolute atomic E-state index is 0.202. The number of hydrogen-bond acceptors (Lipinski definition) is 1. The molecular weight excluding hydrogens is 184 g/mol. The average molecular weight is 202 g/mol. The topological polar surface area (TPSA) is 17.1 Å². The molecule has 0 saturated carbocycles. The maximum Gasteiger partial charge on any atom is 0.133 e. The van der Waals surface area contributed by atoms with Crippen molar-refractivity contribution in [3.8, 4) is 0 Å². The second-order valence-corrected chi connectivity index (χ2v) is 4.09. The molecule has 0 aliphatic rings. The fourth-order valence-corrected chi connectivity index (χ4v) is 1.54. The Hall–Kier alpha value is -1.37. The molecule has 0 fully saturated rings. The van der Waals surface area contributed by atoms with Gasteiger partial charge in [0.2, 0.25) is 0 Å². The summed E-state index contributed by atoms with van der Waals surface area (Å²) in [6.07, 6.45) is 4.49. The first-order chi connectivity index (χ1) is 7.11. The first-order valence-corrected chi connectivity index (χ1v) is 5.36. The summed E-state index contributed by atoms with van der Waals surface area (Å²) in [6.45, 7) is 5.97. The van der Waals surface area contributed by atoms with Crippen LogP contribution in [0.1, 0.15) is 44.2 Å². The summed E-state index contributed by atoms with van der Waals surface area (Å²) >= 11 is 0. The van der Waals surface area contributed by atoms with E-state index in [1.165, 1.54) is 11.1 Å². The largest absolute Gasteiger partial charge is 0.300 e. The van der Waals surface area contributed by atoms with Crippen LogP contribution in [0.5, 0.6) is 0 Å². The number of ketones is 1. The van der Waals surface area contributed by atoms with Crippen molar-refractivity contribution in [2.24, 2.45) is 0 Å². The summed E-state index contributed by atoms with van der Waals surface area (Å²) < 4.78 is 0. The molecule has 1 aromatic carbocycles. The molecule has 0 N–H and O–H groups in total. The van der Waals surface area contributed by atoms with Crippen LogP contribution in [0.4, 0.5) is 0 Å². The van der Waals surface area contributed by atoms with Gasteiger partial charge in [-0.05, 0) is 24.0 Å². The van der Waals surface area contributed by atoms with Crippen molar-refractivity contribution in [1.29, 1.82) is 0 Å². The molecule has 0 unspecified atom stereocenters. The van der Waals surface area contributed by atoms with Crippen LogP contribution in [0.25, 0.3) is 6.08 Å². The Labute approximate surface area is 91.8 Å². The van der Waals surface area contributed by atoms with E-state index in [9.17, 15) is 4.79 Å². The Balaban J connectivity index is 2.84. The molecule has 15 heavy (non-hydrogen) atoms. The summed E-state index contributed by atoms with van der Waals surface area (Å²) in [5, 5.41) is 0. The average Bonchev–Trinajstić information content (AvgIpc) is 2.17. The lowest BCUT2D eigenvalue weighted by molar-refractivity contribution is -0.116. The van der Waals surface area contributed by atoms with Gasteiger partial charge in [-0.25, -0.2) is 0 Å². The van der Waals surface area contributed by atoms with Crippen LogP contribution < -0.4 is 0 Å². The van der Waals surface area contributed by atoms with Gasteiger partial charge in [0.1, 0.15) is 5.78 Å². The van der Waals surface area contributed by atoms with E-state index in [-0.39, 0.29) is 5.78 Å². The monoisotopic (exact) mass is 202 g/mol. The first-order valence-electron chi connectivity index (χ1n) is 5.36. The van der Waals surface area contributed by atoms with Crippen molar-refractivity contribution in [3.05, 3.63) is 41.5 Å². The Bertz CT molecular complexity index is 361. The third kappa shape index (κ3) is 3.70. The highest BCUT2D eigenvalue weighted by atomic mass is 16.1. The molecule has 0 radical (unpaired) electrons. The lowest BCUT2D eigenvalue weighted by Crippen LogP contribution is -1.91. The molecule has 0 heterocycles. The molecule has 80 valence electrons. The van der Waals surface area contributed by atoms with Crippen molar-refractivity contribution in [3.63, 3.8) is 0 Å². The molecule has 0 aromatic heterocycles. The van der Waals surface area contributed by atoms with Gasteiger partial charge in [0, 0.05) is 6.42 Å². The number of carbonyl (C=O) groups excluding carboxylic acids is 1. The van der Waals surface area contributed by atoms with Gasteiger partial charge in [-0.2, -0.15) is 0 Å². The van der Waals surface area contributed by atoms with E-state index >= 15 is 0 Å². The molecule has 0 atom stereocenters. The van der Waals surface area contributed by atoms with Gasteiger partial charge in [-0.15, -0.1) is 0 Å². The summed E-state index contributed by atoms with van der Waals surface area (Å²) in [4.78, 5) is 10.8. The second-order valence-electron chi connectivity index (χ2n) is 4.09. The summed E-state index contributed by atoms with van der Waals surface area (Å²) in [7, 11) is 0. The highest BCUT2D eigenvalue weighted by Gasteiger charge is 2.02. The molecule has 1 nitrogen and oxygen atoms in total. The van der Waals surface area contributed by atoms with Gasteiger partial charge in [-0.1, -0.05) is 50.3 Å². The summed E-state index contributed by atoms with van der Waals surface area (Å²) in [5.74, 6) is 0.719. The molecule has 0 amide bonds. The molecular formula is C14H18O. The number of hydrogen-bond donors (Lipinski definition) is 0. The molecule has 0 aliphatic heterocycles. The van der Waals surface area contributed by atoms with Crippen LogP contribution >= 0.6 is 0 Å². The highest BCUT2D eigenvalue weighted by molar-refractivity contribution is 5.78. The molecule has 0 spiro atoms. The van der Waals surface area contributed by atoms with E-state index < -0.39 is 0 Å². The first kappa shape index (κ1) is 11.7. The van der Waals surface area contributed by atoms with Crippen LogP contribution in [0.3, 0.4) is 0 Å². The Morgan fingerprint density at radius 2 is 2.00 bits per heavy atom. The lowest BCUT2D eigenvalue weighted by atomic mass is 9.97. The fourth-order valence-electron chi connectivity index (χ4n) is 1.54. The maximum absolute atomic E-state index is 10.8. The van der Waals surface area contributed by atoms with E-state index in [1.54, 1.807) is 6.92 Å². The smallest absolute Gasteiger partial charge is 0.133 e. The molecule has 1 rings (SSSR count). The molecule has 0 saturated heterocycles. The predicted octanol–water partition coefficient (Wildman–Crippen LogP) is 3.80. The lowest BCUT2D eigenvalue weighted by Gasteiger charge is -2.08. The highest BCUT2D eigenvalue weighted by Crippen LogP contribution is 2.20. The molecule has 1 heteroatoms. The van der Waals surface area contributed by atoms with Crippen LogP contribution in [0.2, 0.25) is 0 Å². The van der Waals surface area contributed by atoms with Gasteiger partial charge in [0.25, 0.3) is 0 Å². The van der Waals surface area contributed by atoms with Gasteiger partial charge in [0.15, 0.2) is 0 Å². The number of benzene rings is 1. The van der Waals surface area contributed by atoms with Crippen LogP contribution in [0, 0.1) is 0 Å². The zero-order valence-corrected chi connectivity index (χ0v) is 9.66. The number of carbonyl (C=O) groups is 1. The normalized spacial score (nSPS) is 11.2. The molecule has 0 aliphatic carbocycles. The van der Waals surface area contributed by atoms with Gasteiger partial charge >= 0.3 is 0 Å². The number of allylic oxidation sites excluding steroid dienone is 1. The van der Waals surface area contributed by atoms with Crippen molar-refractivity contribution in [1.82, 2.24) is 0 Å².